The molecule has 0 saturated heterocycles. The normalized spacial score (nSPS) is 15.6. The number of hydrogen-bond donors (Lipinski definition) is 0. The summed E-state index contributed by atoms with van der Waals surface area (Å²) < 4.78 is 5.54. The molecule has 1 unspecified atom stereocenters. The smallest absolute Gasteiger partial charge is 0.256 e. The first-order valence-corrected chi connectivity index (χ1v) is 6.37. The second-order valence-electron chi connectivity index (χ2n) is 4.80. The van der Waals surface area contributed by atoms with E-state index in [0.29, 0.717) is 23.9 Å². The average molecular weight is 259 g/mol. The number of likely N-dealkylation sites (N-methyl/N-ethyl adjacent to an activating group) is 1. The number of carbonyl (C=O) groups excluding carboxylic acids is 1. The molecular weight excluding hydrogens is 242 g/mol. The molecule has 1 aliphatic rings. The van der Waals surface area contributed by atoms with Crippen LogP contribution in [0.2, 0.25) is 0 Å². The van der Waals surface area contributed by atoms with Gasteiger partial charge in [0.2, 0.25) is 0 Å². The van der Waals surface area contributed by atoms with Gasteiger partial charge in [-0.1, -0.05) is 0 Å². The van der Waals surface area contributed by atoms with Crippen molar-refractivity contribution in [3.63, 3.8) is 0 Å². The fourth-order valence-corrected chi connectivity index (χ4v) is 1.76. The van der Waals surface area contributed by atoms with Gasteiger partial charge in [-0.15, -0.1) is 0 Å². The van der Waals surface area contributed by atoms with Gasteiger partial charge in [-0.2, -0.15) is 5.26 Å². The van der Waals surface area contributed by atoms with Crippen molar-refractivity contribution >= 4 is 11.7 Å². The van der Waals surface area contributed by atoms with E-state index in [2.05, 4.69) is 4.98 Å². The second kappa shape index (κ2) is 5.81. The van der Waals surface area contributed by atoms with Crippen LogP contribution < -0.4 is 4.90 Å². The van der Waals surface area contributed by atoms with Crippen molar-refractivity contribution in [3.05, 3.63) is 23.9 Å². The predicted octanol–water partition coefficient (Wildman–Crippen LogP) is 1.73. The highest BCUT2D eigenvalue weighted by molar-refractivity contribution is 5.95. The first-order chi connectivity index (χ1) is 9.13. The molecule has 1 heterocycles. The molecular formula is C14H17N3O2. The summed E-state index contributed by atoms with van der Waals surface area (Å²) in [6, 6.07) is 5.35. The maximum atomic E-state index is 12.2. The van der Waals surface area contributed by atoms with E-state index in [1.807, 2.05) is 6.07 Å². The van der Waals surface area contributed by atoms with E-state index in [9.17, 15) is 4.79 Å². The molecule has 1 aromatic rings. The molecule has 0 aliphatic heterocycles. The summed E-state index contributed by atoms with van der Waals surface area (Å²) in [5, 5.41) is 9.01. The Hall–Kier alpha value is -1.93. The first-order valence-electron chi connectivity index (χ1n) is 6.37. The van der Waals surface area contributed by atoms with Crippen LogP contribution in [0.25, 0.3) is 0 Å². The van der Waals surface area contributed by atoms with Crippen molar-refractivity contribution < 1.29 is 9.53 Å². The highest BCUT2D eigenvalue weighted by Crippen LogP contribution is 2.29. The summed E-state index contributed by atoms with van der Waals surface area (Å²) in [4.78, 5) is 17.7. The van der Waals surface area contributed by atoms with E-state index in [-0.39, 0.29) is 5.91 Å². The third-order valence-electron chi connectivity index (χ3n) is 3.18. The SMILES string of the molecule is CC(OCC1CC1)C(=O)N(C)c1ncccc1C#N. The Kier molecular flexibility index (Phi) is 4.13. The lowest BCUT2D eigenvalue weighted by Crippen LogP contribution is -2.37. The molecule has 2 rings (SSSR count). The fourth-order valence-electron chi connectivity index (χ4n) is 1.76. The molecule has 1 amide bonds. The quantitative estimate of drug-likeness (QED) is 0.807. The summed E-state index contributed by atoms with van der Waals surface area (Å²) in [5.41, 5.74) is 0.382. The molecule has 0 N–H and O–H groups in total. The van der Waals surface area contributed by atoms with E-state index in [0.717, 1.165) is 0 Å². The fraction of sp³-hybridized carbons (Fsp3) is 0.500. The minimum absolute atomic E-state index is 0.184. The van der Waals surface area contributed by atoms with Crippen LogP contribution in [-0.4, -0.2) is 30.6 Å². The lowest BCUT2D eigenvalue weighted by atomic mass is 10.2. The van der Waals surface area contributed by atoms with Gasteiger partial charge in [0.05, 0.1) is 12.2 Å². The highest BCUT2D eigenvalue weighted by atomic mass is 16.5. The van der Waals surface area contributed by atoms with E-state index < -0.39 is 6.10 Å². The number of aromatic nitrogens is 1. The predicted molar refractivity (Wildman–Crippen MR) is 70.5 cm³/mol. The third-order valence-corrected chi connectivity index (χ3v) is 3.18. The molecule has 1 fully saturated rings. The third kappa shape index (κ3) is 3.30. The van der Waals surface area contributed by atoms with Crippen molar-refractivity contribution in [2.75, 3.05) is 18.6 Å². The van der Waals surface area contributed by atoms with Crippen LogP contribution in [0.15, 0.2) is 18.3 Å². The maximum absolute atomic E-state index is 12.2. The zero-order valence-electron chi connectivity index (χ0n) is 11.2. The number of rotatable bonds is 5. The van der Waals surface area contributed by atoms with Gasteiger partial charge in [-0.05, 0) is 37.8 Å². The molecule has 5 nitrogen and oxygen atoms in total. The Bertz CT molecular complexity index is 506. The Morgan fingerprint density at radius 2 is 2.42 bits per heavy atom. The van der Waals surface area contributed by atoms with Gasteiger partial charge in [0.15, 0.2) is 5.82 Å². The number of ether oxygens (including phenoxy) is 1. The van der Waals surface area contributed by atoms with Gasteiger partial charge in [-0.25, -0.2) is 4.98 Å². The van der Waals surface area contributed by atoms with Crippen LogP contribution >= 0.6 is 0 Å². The maximum Gasteiger partial charge on any atom is 0.256 e. The number of amides is 1. The van der Waals surface area contributed by atoms with Crippen LogP contribution in [0.3, 0.4) is 0 Å². The zero-order valence-corrected chi connectivity index (χ0v) is 11.2. The van der Waals surface area contributed by atoms with Crippen LogP contribution in [0.5, 0.6) is 0 Å². The van der Waals surface area contributed by atoms with Crippen molar-refractivity contribution in [2.45, 2.75) is 25.9 Å². The van der Waals surface area contributed by atoms with Crippen LogP contribution in [0, 0.1) is 17.2 Å². The minimum atomic E-state index is -0.515. The number of pyridine rings is 1. The summed E-state index contributed by atoms with van der Waals surface area (Å²) in [6.45, 7) is 2.37. The van der Waals surface area contributed by atoms with Crippen LogP contribution in [0.1, 0.15) is 25.3 Å². The molecule has 5 heteroatoms. The largest absolute Gasteiger partial charge is 0.368 e. The van der Waals surface area contributed by atoms with E-state index in [1.165, 1.54) is 17.7 Å². The highest BCUT2D eigenvalue weighted by Gasteiger charge is 2.26. The van der Waals surface area contributed by atoms with Crippen molar-refractivity contribution in [1.29, 1.82) is 5.26 Å². The summed E-state index contributed by atoms with van der Waals surface area (Å²) in [6.07, 6.45) is 3.43. The van der Waals surface area contributed by atoms with Crippen molar-refractivity contribution in [3.8, 4) is 6.07 Å². The molecule has 0 bridgehead atoms. The summed E-state index contributed by atoms with van der Waals surface area (Å²) >= 11 is 0. The van der Waals surface area contributed by atoms with E-state index >= 15 is 0 Å². The Balaban J connectivity index is 2.02. The topological polar surface area (TPSA) is 66.2 Å². The molecule has 1 aliphatic carbocycles. The number of carbonyl (C=O) groups is 1. The monoisotopic (exact) mass is 259 g/mol. The summed E-state index contributed by atoms with van der Waals surface area (Å²) in [7, 11) is 1.61. The second-order valence-corrected chi connectivity index (χ2v) is 4.80. The molecule has 0 radical (unpaired) electrons. The van der Waals surface area contributed by atoms with E-state index in [1.54, 1.807) is 32.3 Å². The summed E-state index contributed by atoms with van der Waals surface area (Å²) in [5.74, 6) is 0.804. The van der Waals surface area contributed by atoms with Crippen LogP contribution in [-0.2, 0) is 9.53 Å². The number of hydrogen-bond acceptors (Lipinski definition) is 4. The molecule has 1 saturated carbocycles. The molecule has 1 aromatic heterocycles. The van der Waals surface area contributed by atoms with Gasteiger partial charge in [-0.3, -0.25) is 9.69 Å². The molecule has 0 spiro atoms. The van der Waals surface area contributed by atoms with Crippen molar-refractivity contribution in [2.24, 2.45) is 5.92 Å². The number of nitriles is 1. The minimum Gasteiger partial charge on any atom is -0.368 e. The lowest BCUT2D eigenvalue weighted by Gasteiger charge is -2.21. The van der Waals surface area contributed by atoms with Crippen LogP contribution in [0.4, 0.5) is 5.82 Å². The standard InChI is InChI=1S/C14H17N3O2/c1-10(19-9-11-5-6-11)14(18)17(2)13-12(8-15)4-3-7-16-13/h3-4,7,10-11H,5-6,9H2,1-2H3. The van der Waals surface area contributed by atoms with Gasteiger partial charge >= 0.3 is 0 Å². The zero-order chi connectivity index (χ0) is 13.8. The molecule has 1 atom stereocenters. The van der Waals surface area contributed by atoms with E-state index in [4.69, 9.17) is 10.00 Å². The molecule has 100 valence electrons. The van der Waals surface area contributed by atoms with Gasteiger partial charge in [0.25, 0.3) is 5.91 Å². The molecule has 19 heavy (non-hydrogen) atoms. The Labute approximate surface area is 112 Å². The first kappa shape index (κ1) is 13.5. The number of anilines is 1. The Morgan fingerprint density at radius 1 is 1.68 bits per heavy atom. The van der Waals surface area contributed by atoms with Gasteiger partial charge in [0, 0.05) is 13.2 Å². The number of nitrogens with zero attached hydrogens (tertiary/aromatic N) is 3. The Morgan fingerprint density at radius 3 is 3.05 bits per heavy atom. The average Bonchev–Trinajstić information content (AvgIpc) is 3.27. The lowest BCUT2D eigenvalue weighted by molar-refractivity contribution is -0.129. The molecule has 0 aromatic carbocycles. The van der Waals surface area contributed by atoms with Gasteiger partial charge < -0.3 is 4.74 Å². The van der Waals surface area contributed by atoms with Gasteiger partial charge in [0.1, 0.15) is 12.2 Å². The van der Waals surface area contributed by atoms with Crippen molar-refractivity contribution in [1.82, 2.24) is 4.98 Å².